The molecule has 6 nitrogen and oxygen atoms in total. The Hall–Kier alpha value is -2.54. The highest BCUT2D eigenvalue weighted by molar-refractivity contribution is 7.87. The number of ether oxygens (including phenoxy) is 1. The van der Waals surface area contributed by atoms with Crippen LogP contribution in [0.4, 0.5) is 0 Å². The van der Waals surface area contributed by atoms with Crippen LogP contribution >= 0.6 is 0 Å². The number of rotatable bonds is 7. The predicted octanol–water partition coefficient (Wildman–Crippen LogP) is 3.12. The summed E-state index contributed by atoms with van der Waals surface area (Å²) < 4.78 is 34.8. The summed E-state index contributed by atoms with van der Waals surface area (Å²) in [5, 5.41) is 9.23. The van der Waals surface area contributed by atoms with E-state index in [1.165, 1.54) is 36.4 Å². The summed E-state index contributed by atoms with van der Waals surface area (Å²) in [4.78, 5) is 11.9. The maximum Gasteiger partial charge on any atom is 0.341 e. The lowest BCUT2D eigenvalue weighted by molar-refractivity contribution is 0.0498. The highest BCUT2D eigenvalue weighted by atomic mass is 32.2. The Morgan fingerprint density at radius 1 is 1.08 bits per heavy atom. The van der Waals surface area contributed by atoms with Gasteiger partial charge in [0.05, 0.1) is 6.61 Å². The van der Waals surface area contributed by atoms with Gasteiger partial charge < -0.3 is 14.0 Å². The molecule has 7 heteroatoms. The number of phenolic OH excluding ortho intramolecular Hbond substituents is 1. The third-order valence-corrected chi connectivity index (χ3v) is 4.41. The van der Waals surface area contributed by atoms with Crippen molar-refractivity contribution in [1.82, 2.24) is 0 Å². The Morgan fingerprint density at radius 2 is 1.75 bits per heavy atom. The molecule has 128 valence electrons. The van der Waals surface area contributed by atoms with Gasteiger partial charge in [0, 0.05) is 0 Å². The molecule has 0 aliphatic rings. The zero-order chi connectivity index (χ0) is 17.6. The van der Waals surface area contributed by atoms with Crippen LogP contribution in [0.25, 0.3) is 0 Å². The molecular weight excluding hydrogens is 332 g/mol. The number of esters is 1. The molecule has 0 heterocycles. The van der Waals surface area contributed by atoms with Gasteiger partial charge in [-0.25, -0.2) is 4.79 Å². The second-order valence-electron chi connectivity index (χ2n) is 5.02. The van der Waals surface area contributed by atoms with E-state index in [0.717, 1.165) is 12.8 Å². The van der Waals surface area contributed by atoms with Gasteiger partial charge in [0.2, 0.25) is 0 Å². The van der Waals surface area contributed by atoms with Crippen molar-refractivity contribution in [2.75, 3.05) is 6.61 Å². The fraction of sp³-hybridized carbons (Fsp3) is 0.235. The van der Waals surface area contributed by atoms with E-state index in [1.807, 2.05) is 6.92 Å². The zero-order valence-corrected chi connectivity index (χ0v) is 14.0. The van der Waals surface area contributed by atoms with Crippen molar-refractivity contribution in [3.05, 3.63) is 54.1 Å². The van der Waals surface area contributed by atoms with Crippen molar-refractivity contribution < 1.29 is 27.2 Å². The van der Waals surface area contributed by atoms with Crippen molar-refractivity contribution in [1.29, 1.82) is 0 Å². The maximum absolute atomic E-state index is 12.3. The minimum Gasteiger partial charge on any atom is -0.508 e. The van der Waals surface area contributed by atoms with E-state index >= 15 is 0 Å². The van der Waals surface area contributed by atoms with Crippen molar-refractivity contribution in [2.24, 2.45) is 0 Å². The van der Waals surface area contributed by atoms with Crippen LogP contribution in [0.5, 0.6) is 11.5 Å². The van der Waals surface area contributed by atoms with Gasteiger partial charge in [-0.15, -0.1) is 0 Å². The molecule has 0 aliphatic heterocycles. The highest BCUT2D eigenvalue weighted by Gasteiger charge is 2.21. The lowest BCUT2D eigenvalue weighted by atomic mass is 10.2. The molecule has 0 spiro atoms. The molecule has 24 heavy (non-hydrogen) atoms. The van der Waals surface area contributed by atoms with Gasteiger partial charge in [-0.1, -0.05) is 25.5 Å². The van der Waals surface area contributed by atoms with Gasteiger partial charge in [-0.05, 0) is 42.8 Å². The topological polar surface area (TPSA) is 89.9 Å². The largest absolute Gasteiger partial charge is 0.508 e. The smallest absolute Gasteiger partial charge is 0.341 e. The summed E-state index contributed by atoms with van der Waals surface area (Å²) in [6.07, 6.45) is 1.60. The van der Waals surface area contributed by atoms with E-state index in [-0.39, 0.29) is 28.6 Å². The molecule has 0 radical (unpaired) electrons. The molecular formula is C17H18O6S. The number of hydrogen-bond acceptors (Lipinski definition) is 6. The molecule has 2 aromatic carbocycles. The number of para-hydroxylation sites is 1. The number of carbonyl (C=O) groups excluding carboxylic acids is 1. The van der Waals surface area contributed by atoms with Crippen LogP contribution in [-0.2, 0) is 14.9 Å². The molecule has 2 aromatic rings. The van der Waals surface area contributed by atoms with Gasteiger partial charge in [0.15, 0.2) is 5.75 Å². The average molecular weight is 350 g/mol. The summed E-state index contributed by atoms with van der Waals surface area (Å²) in [5.41, 5.74) is 0.0379. The monoisotopic (exact) mass is 350 g/mol. The molecule has 0 aliphatic carbocycles. The molecule has 1 N–H and O–H groups in total. The first kappa shape index (κ1) is 17.8. The summed E-state index contributed by atoms with van der Waals surface area (Å²) in [6.45, 7) is 2.23. The summed E-state index contributed by atoms with van der Waals surface area (Å²) in [5.74, 6) is -0.805. The van der Waals surface area contributed by atoms with E-state index in [2.05, 4.69) is 0 Å². The highest BCUT2D eigenvalue weighted by Crippen LogP contribution is 2.24. The fourth-order valence-electron chi connectivity index (χ4n) is 1.87. The minimum absolute atomic E-state index is 0.0379. The Kier molecular flexibility index (Phi) is 5.81. The van der Waals surface area contributed by atoms with Crippen molar-refractivity contribution in [2.45, 2.75) is 24.7 Å². The molecule has 0 fully saturated rings. The number of aromatic hydroxyl groups is 1. The second-order valence-corrected chi connectivity index (χ2v) is 6.56. The Labute approximate surface area is 140 Å². The van der Waals surface area contributed by atoms with Gasteiger partial charge in [-0.3, -0.25) is 0 Å². The Morgan fingerprint density at radius 3 is 2.42 bits per heavy atom. The third kappa shape index (κ3) is 4.48. The number of carbonyl (C=O) groups is 1. The normalized spacial score (nSPS) is 11.0. The van der Waals surface area contributed by atoms with Gasteiger partial charge >= 0.3 is 16.1 Å². The third-order valence-electron chi connectivity index (χ3n) is 3.16. The minimum atomic E-state index is -4.13. The molecule has 0 saturated carbocycles. The first-order valence-electron chi connectivity index (χ1n) is 7.43. The summed E-state index contributed by atoms with van der Waals surface area (Å²) in [6, 6.07) is 10.9. The molecule has 0 aromatic heterocycles. The maximum atomic E-state index is 12.3. The molecule has 0 atom stereocenters. The lowest BCUT2D eigenvalue weighted by Crippen LogP contribution is -2.14. The SMILES string of the molecule is CCCCOC(=O)c1ccccc1OS(=O)(=O)c1ccc(O)cc1. The molecule has 0 unspecified atom stereocenters. The first-order valence-corrected chi connectivity index (χ1v) is 8.84. The predicted molar refractivity (Wildman–Crippen MR) is 87.6 cm³/mol. The Balaban J connectivity index is 2.23. The fourth-order valence-corrected chi connectivity index (χ4v) is 2.82. The molecule has 2 rings (SSSR count). The summed E-state index contributed by atoms with van der Waals surface area (Å²) in [7, 11) is -4.13. The van der Waals surface area contributed by atoms with Gasteiger partial charge in [0.25, 0.3) is 0 Å². The van der Waals surface area contributed by atoms with Crippen LogP contribution < -0.4 is 4.18 Å². The molecule has 0 saturated heterocycles. The number of hydrogen-bond donors (Lipinski definition) is 1. The van der Waals surface area contributed by atoms with Crippen molar-refractivity contribution in [3.8, 4) is 11.5 Å². The van der Waals surface area contributed by atoms with Crippen molar-refractivity contribution in [3.63, 3.8) is 0 Å². The molecule has 0 amide bonds. The lowest BCUT2D eigenvalue weighted by Gasteiger charge is -2.11. The summed E-state index contributed by atoms with van der Waals surface area (Å²) >= 11 is 0. The zero-order valence-electron chi connectivity index (χ0n) is 13.1. The van der Waals surface area contributed by atoms with Crippen LogP contribution in [0.15, 0.2) is 53.4 Å². The van der Waals surface area contributed by atoms with Gasteiger partial charge in [-0.2, -0.15) is 8.42 Å². The number of phenols is 1. The second kappa shape index (κ2) is 7.83. The van der Waals surface area contributed by atoms with Crippen LogP contribution in [0.2, 0.25) is 0 Å². The van der Waals surface area contributed by atoms with Crippen LogP contribution in [0.3, 0.4) is 0 Å². The number of benzene rings is 2. The Bertz CT molecular complexity index is 796. The van der Waals surface area contributed by atoms with Gasteiger partial charge in [0.1, 0.15) is 16.2 Å². The average Bonchev–Trinajstić information content (AvgIpc) is 2.55. The van der Waals surface area contributed by atoms with E-state index < -0.39 is 16.1 Å². The standard InChI is InChI=1S/C17H18O6S/c1-2-3-12-22-17(19)15-6-4-5-7-16(15)23-24(20,21)14-10-8-13(18)9-11-14/h4-11,18H,2-3,12H2,1H3. The van der Waals surface area contributed by atoms with E-state index in [1.54, 1.807) is 12.1 Å². The quantitative estimate of drug-likeness (QED) is 0.469. The van der Waals surface area contributed by atoms with Crippen LogP contribution in [0, 0.1) is 0 Å². The van der Waals surface area contributed by atoms with Crippen LogP contribution in [0.1, 0.15) is 30.1 Å². The number of unbranched alkanes of at least 4 members (excludes halogenated alkanes) is 1. The van der Waals surface area contributed by atoms with Crippen LogP contribution in [-0.4, -0.2) is 26.1 Å². The first-order chi connectivity index (χ1) is 11.4. The molecule has 0 bridgehead atoms. The van der Waals surface area contributed by atoms with E-state index in [4.69, 9.17) is 8.92 Å². The van der Waals surface area contributed by atoms with E-state index in [0.29, 0.717) is 0 Å². The van der Waals surface area contributed by atoms with E-state index in [9.17, 15) is 18.3 Å². The van der Waals surface area contributed by atoms with Crippen molar-refractivity contribution >= 4 is 16.1 Å².